The zero-order valence-corrected chi connectivity index (χ0v) is 14.1. The third kappa shape index (κ3) is 3.95. The Labute approximate surface area is 142 Å². The van der Waals surface area contributed by atoms with Gasteiger partial charge in [-0.05, 0) is 19.1 Å². The van der Waals surface area contributed by atoms with Crippen LogP contribution in [0.2, 0.25) is 0 Å². The van der Waals surface area contributed by atoms with Gasteiger partial charge in [0, 0.05) is 50.2 Å². The molecule has 130 valence electrons. The predicted molar refractivity (Wildman–Crippen MR) is 93.1 cm³/mol. The van der Waals surface area contributed by atoms with Crippen molar-refractivity contribution in [3.63, 3.8) is 0 Å². The molecule has 24 heavy (non-hydrogen) atoms. The molecule has 1 aromatic carbocycles. The van der Waals surface area contributed by atoms with Gasteiger partial charge in [-0.2, -0.15) is 0 Å². The molecule has 3 rings (SSSR count). The summed E-state index contributed by atoms with van der Waals surface area (Å²) in [6.07, 6.45) is -0.471. The van der Waals surface area contributed by atoms with Crippen molar-refractivity contribution >= 4 is 16.8 Å². The first-order valence-electron chi connectivity index (χ1n) is 8.52. The lowest BCUT2D eigenvalue weighted by atomic mass is 10.2. The van der Waals surface area contributed by atoms with E-state index in [0.29, 0.717) is 38.5 Å². The van der Waals surface area contributed by atoms with Gasteiger partial charge in [0.2, 0.25) is 0 Å². The van der Waals surface area contributed by atoms with Gasteiger partial charge in [-0.1, -0.05) is 18.2 Å². The van der Waals surface area contributed by atoms with Gasteiger partial charge in [0.05, 0.1) is 12.7 Å². The van der Waals surface area contributed by atoms with Crippen molar-refractivity contribution in [2.24, 2.45) is 0 Å². The summed E-state index contributed by atoms with van der Waals surface area (Å²) in [5.41, 5.74) is 1.62. The van der Waals surface area contributed by atoms with Crippen LogP contribution in [0.5, 0.6) is 0 Å². The first kappa shape index (κ1) is 17.0. The quantitative estimate of drug-likeness (QED) is 0.838. The lowest BCUT2D eigenvalue weighted by Gasteiger charge is -2.35. The van der Waals surface area contributed by atoms with Crippen molar-refractivity contribution in [1.29, 1.82) is 0 Å². The lowest BCUT2D eigenvalue weighted by Crippen LogP contribution is -2.50. The average Bonchev–Trinajstić information content (AvgIpc) is 3.04. The molecule has 2 aromatic rings. The minimum absolute atomic E-state index is 0.0423. The number of nitrogens with zero attached hydrogens (tertiary/aromatic N) is 2. The number of hydrogen-bond donors (Lipinski definition) is 2. The number of carbonyl (C=O) groups is 1. The molecule has 6 nitrogen and oxygen atoms in total. The number of amides is 1. The fourth-order valence-electron chi connectivity index (χ4n) is 3.10. The van der Waals surface area contributed by atoms with Crippen LogP contribution in [0.25, 0.3) is 10.9 Å². The highest BCUT2D eigenvalue weighted by atomic mass is 16.5. The first-order valence-corrected chi connectivity index (χ1v) is 8.52. The highest BCUT2D eigenvalue weighted by Gasteiger charge is 2.24. The maximum atomic E-state index is 12.6. The summed E-state index contributed by atoms with van der Waals surface area (Å²) in [7, 11) is 0. The van der Waals surface area contributed by atoms with E-state index in [9.17, 15) is 9.90 Å². The maximum absolute atomic E-state index is 12.6. The molecule has 0 aliphatic carbocycles. The number of H-pyrrole nitrogens is 1. The van der Waals surface area contributed by atoms with Gasteiger partial charge < -0.3 is 19.7 Å². The molecule has 1 aliphatic heterocycles. The number of β-amino-alcohol motifs (C(OH)–C–C–N with tert-alkyl or cyclic N) is 1. The molecule has 0 radical (unpaired) electrons. The third-order valence-corrected chi connectivity index (χ3v) is 4.40. The molecule has 1 aromatic heterocycles. The van der Waals surface area contributed by atoms with Crippen molar-refractivity contribution < 1.29 is 14.6 Å². The fourth-order valence-corrected chi connectivity index (χ4v) is 3.10. The van der Waals surface area contributed by atoms with E-state index in [1.165, 1.54) is 0 Å². The number of aromatic amines is 1. The number of rotatable bonds is 6. The number of aromatic nitrogens is 1. The molecule has 2 N–H and O–H groups in total. The molecular weight excluding hydrogens is 306 g/mol. The Bertz CT molecular complexity index is 644. The van der Waals surface area contributed by atoms with Crippen LogP contribution in [0.4, 0.5) is 0 Å². The van der Waals surface area contributed by atoms with E-state index in [2.05, 4.69) is 9.88 Å². The van der Waals surface area contributed by atoms with E-state index in [1.54, 1.807) is 0 Å². The lowest BCUT2D eigenvalue weighted by molar-refractivity contribution is 0.0110. The smallest absolute Gasteiger partial charge is 0.270 e. The molecule has 1 saturated heterocycles. The van der Waals surface area contributed by atoms with Crippen LogP contribution in [0.3, 0.4) is 0 Å². The zero-order chi connectivity index (χ0) is 16.9. The van der Waals surface area contributed by atoms with Crippen LogP contribution >= 0.6 is 0 Å². The van der Waals surface area contributed by atoms with Crippen molar-refractivity contribution in [2.45, 2.75) is 13.0 Å². The van der Waals surface area contributed by atoms with E-state index < -0.39 is 6.10 Å². The SMILES string of the molecule is CCOCC(O)CN1CCN(C(=O)c2cc3ccccc3[nH]2)CC1. The van der Waals surface area contributed by atoms with Gasteiger partial charge >= 0.3 is 0 Å². The molecule has 1 atom stereocenters. The molecule has 0 bridgehead atoms. The van der Waals surface area contributed by atoms with E-state index in [4.69, 9.17) is 4.74 Å². The number of piperazine rings is 1. The van der Waals surface area contributed by atoms with Crippen LogP contribution in [-0.4, -0.2) is 77.8 Å². The zero-order valence-electron chi connectivity index (χ0n) is 14.1. The number of fused-ring (bicyclic) bond motifs is 1. The number of aliphatic hydroxyl groups is 1. The van der Waals surface area contributed by atoms with E-state index in [1.807, 2.05) is 42.2 Å². The van der Waals surface area contributed by atoms with Crippen LogP contribution in [0, 0.1) is 0 Å². The first-order chi connectivity index (χ1) is 11.7. The number of aliphatic hydroxyl groups excluding tert-OH is 1. The molecule has 1 amide bonds. The summed E-state index contributed by atoms with van der Waals surface area (Å²) in [4.78, 5) is 19.9. The molecule has 6 heteroatoms. The van der Waals surface area contributed by atoms with Crippen LogP contribution in [0.1, 0.15) is 17.4 Å². The predicted octanol–water partition coefficient (Wildman–Crippen LogP) is 1.32. The van der Waals surface area contributed by atoms with Crippen molar-refractivity contribution in [3.05, 3.63) is 36.0 Å². The molecule has 1 aliphatic rings. The van der Waals surface area contributed by atoms with Gasteiger partial charge in [-0.3, -0.25) is 9.69 Å². The third-order valence-electron chi connectivity index (χ3n) is 4.40. The van der Waals surface area contributed by atoms with E-state index in [-0.39, 0.29) is 5.91 Å². The second-order valence-electron chi connectivity index (χ2n) is 6.18. The molecule has 1 unspecified atom stereocenters. The number of nitrogens with one attached hydrogen (secondary N) is 1. The fraction of sp³-hybridized carbons (Fsp3) is 0.500. The molecule has 1 fully saturated rings. The van der Waals surface area contributed by atoms with Crippen molar-refractivity contribution in [2.75, 3.05) is 45.9 Å². The van der Waals surface area contributed by atoms with E-state index in [0.717, 1.165) is 24.0 Å². The van der Waals surface area contributed by atoms with Crippen LogP contribution in [-0.2, 0) is 4.74 Å². The number of ether oxygens (including phenoxy) is 1. The standard InChI is InChI=1S/C18H25N3O3/c1-2-24-13-15(22)12-20-7-9-21(10-8-20)18(23)17-11-14-5-3-4-6-16(14)19-17/h3-6,11,15,19,22H,2,7-10,12-13H2,1H3. The summed E-state index contributed by atoms with van der Waals surface area (Å²) in [6, 6.07) is 9.82. The highest BCUT2D eigenvalue weighted by molar-refractivity contribution is 5.98. The van der Waals surface area contributed by atoms with Gasteiger partial charge in [-0.15, -0.1) is 0 Å². The van der Waals surface area contributed by atoms with E-state index >= 15 is 0 Å². The largest absolute Gasteiger partial charge is 0.389 e. The molecule has 0 saturated carbocycles. The molecule has 0 spiro atoms. The average molecular weight is 331 g/mol. The van der Waals surface area contributed by atoms with Gasteiger partial charge in [0.1, 0.15) is 5.69 Å². The summed E-state index contributed by atoms with van der Waals surface area (Å²) >= 11 is 0. The monoisotopic (exact) mass is 331 g/mol. The Balaban J connectivity index is 1.53. The van der Waals surface area contributed by atoms with Crippen LogP contribution < -0.4 is 0 Å². The Morgan fingerprint density at radius 3 is 2.75 bits per heavy atom. The summed E-state index contributed by atoms with van der Waals surface area (Å²) in [5.74, 6) is 0.0423. The Hall–Kier alpha value is -1.89. The number of para-hydroxylation sites is 1. The van der Waals surface area contributed by atoms with Crippen LogP contribution in [0.15, 0.2) is 30.3 Å². The molecule has 2 heterocycles. The van der Waals surface area contributed by atoms with Crippen molar-refractivity contribution in [3.8, 4) is 0 Å². The summed E-state index contributed by atoms with van der Waals surface area (Å²) in [5, 5.41) is 11.0. The number of hydrogen-bond acceptors (Lipinski definition) is 4. The minimum Gasteiger partial charge on any atom is -0.389 e. The van der Waals surface area contributed by atoms with Crippen molar-refractivity contribution in [1.82, 2.24) is 14.8 Å². The summed E-state index contributed by atoms with van der Waals surface area (Å²) in [6.45, 7) is 6.39. The molecular formula is C18H25N3O3. The van der Waals surface area contributed by atoms with Gasteiger partial charge in [-0.25, -0.2) is 0 Å². The normalized spacial score (nSPS) is 17.3. The topological polar surface area (TPSA) is 68.8 Å². The Morgan fingerprint density at radius 1 is 1.29 bits per heavy atom. The van der Waals surface area contributed by atoms with Gasteiger partial charge in [0.15, 0.2) is 0 Å². The Morgan fingerprint density at radius 2 is 2.04 bits per heavy atom. The summed E-state index contributed by atoms with van der Waals surface area (Å²) < 4.78 is 5.24. The second kappa shape index (κ2) is 7.79. The van der Waals surface area contributed by atoms with Gasteiger partial charge in [0.25, 0.3) is 5.91 Å². The number of carbonyl (C=O) groups excluding carboxylic acids is 1. The highest BCUT2D eigenvalue weighted by Crippen LogP contribution is 2.17. The minimum atomic E-state index is -0.471. The number of benzene rings is 1. The Kier molecular flexibility index (Phi) is 5.50. The second-order valence-corrected chi connectivity index (χ2v) is 6.18. The maximum Gasteiger partial charge on any atom is 0.270 e.